The van der Waals surface area contributed by atoms with Gasteiger partial charge in [-0.25, -0.2) is 13.4 Å². The van der Waals surface area contributed by atoms with Crippen LogP contribution in [-0.4, -0.2) is 25.2 Å². The minimum Gasteiger partial charge on any atom is -0.360 e. The number of anilines is 2. The molecule has 0 unspecified atom stereocenters. The molecule has 2 aromatic carbocycles. The average Bonchev–Trinajstić information content (AvgIpc) is 3.18. The Bertz CT molecular complexity index is 1160. The van der Waals surface area contributed by atoms with Crippen molar-refractivity contribution >= 4 is 38.8 Å². The summed E-state index contributed by atoms with van der Waals surface area (Å²) in [7, 11) is -3.80. The number of hydrogen-bond acceptors (Lipinski definition) is 6. The topological polar surface area (TPSA) is 114 Å². The summed E-state index contributed by atoms with van der Waals surface area (Å²) in [4.78, 5) is 16.5. The van der Waals surface area contributed by atoms with Crippen LogP contribution in [0.4, 0.5) is 17.2 Å². The molecule has 0 spiro atoms. The Balaban J connectivity index is 1.60. The Morgan fingerprint density at radius 3 is 2.56 bits per heavy atom. The second-order valence-electron chi connectivity index (χ2n) is 5.88. The highest BCUT2D eigenvalue weighted by atomic mass is 32.2. The number of hydrogen-bond donors (Lipinski definition) is 2. The molecule has 0 fully saturated rings. The third kappa shape index (κ3) is 3.32. The van der Waals surface area contributed by atoms with Gasteiger partial charge in [0.2, 0.25) is 0 Å². The summed E-state index contributed by atoms with van der Waals surface area (Å²) in [6.07, 6.45) is 0. The lowest BCUT2D eigenvalue weighted by Crippen LogP contribution is -2.14. The van der Waals surface area contributed by atoms with Gasteiger partial charge in [0.15, 0.2) is 5.82 Å². The number of nitrogens with zero attached hydrogens (tertiary/aromatic N) is 2. The van der Waals surface area contributed by atoms with Crippen LogP contribution in [-0.2, 0) is 14.8 Å². The number of benzene rings is 2. The van der Waals surface area contributed by atoms with Crippen LogP contribution >= 0.6 is 0 Å². The normalized spacial score (nSPS) is 14.9. The van der Waals surface area contributed by atoms with Crippen LogP contribution in [0.2, 0.25) is 0 Å². The fourth-order valence-corrected chi connectivity index (χ4v) is 3.64. The lowest BCUT2D eigenvalue weighted by molar-refractivity contribution is -0.110. The van der Waals surface area contributed by atoms with Crippen molar-refractivity contribution in [2.24, 2.45) is 4.99 Å². The molecule has 27 heavy (non-hydrogen) atoms. The third-order valence-electron chi connectivity index (χ3n) is 3.90. The number of amides is 1. The Labute approximate surface area is 155 Å². The van der Waals surface area contributed by atoms with Crippen LogP contribution in [0.5, 0.6) is 0 Å². The molecule has 1 aliphatic heterocycles. The molecule has 0 saturated carbocycles. The van der Waals surface area contributed by atoms with Gasteiger partial charge in [-0.2, -0.15) is 0 Å². The summed E-state index contributed by atoms with van der Waals surface area (Å²) >= 11 is 0. The number of rotatable bonds is 4. The predicted octanol–water partition coefficient (Wildman–Crippen LogP) is 2.86. The van der Waals surface area contributed by atoms with E-state index in [1.807, 2.05) is 12.1 Å². The second kappa shape index (κ2) is 6.36. The number of sulfonamides is 1. The minimum atomic E-state index is -3.80. The largest absolute Gasteiger partial charge is 0.360 e. The van der Waals surface area contributed by atoms with E-state index >= 15 is 0 Å². The van der Waals surface area contributed by atoms with Gasteiger partial charge in [-0.1, -0.05) is 23.4 Å². The molecular formula is C18H14N4O4S. The van der Waals surface area contributed by atoms with Gasteiger partial charge in [0.1, 0.15) is 11.5 Å². The maximum Gasteiger partial charge on any atom is 0.275 e. The van der Waals surface area contributed by atoms with E-state index in [-0.39, 0.29) is 22.3 Å². The number of fused-ring (bicyclic) bond motifs is 1. The first-order valence-corrected chi connectivity index (χ1v) is 9.46. The molecule has 0 radical (unpaired) electrons. The fraction of sp³-hybridized carbons (Fsp3) is 0.0556. The van der Waals surface area contributed by atoms with Crippen molar-refractivity contribution in [3.63, 3.8) is 0 Å². The number of aromatic nitrogens is 1. The van der Waals surface area contributed by atoms with Gasteiger partial charge < -0.3 is 9.84 Å². The lowest BCUT2D eigenvalue weighted by atomic mass is 10.1. The summed E-state index contributed by atoms with van der Waals surface area (Å²) in [5.74, 6) is 0.306. The van der Waals surface area contributed by atoms with E-state index in [2.05, 4.69) is 20.2 Å². The number of nitrogens with one attached hydrogen (secondary N) is 2. The molecule has 0 aliphatic carbocycles. The predicted molar refractivity (Wildman–Crippen MR) is 99.8 cm³/mol. The van der Waals surface area contributed by atoms with Crippen LogP contribution in [0.3, 0.4) is 0 Å². The molecule has 1 amide bonds. The Morgan fingerprint density at radius 2 is 1.85 bits per heavy atom. The molecule has 1 aromatic heterocycles. The molecule has 0 saturated heterocycles. The summed E-state index contributed by atoms with van der Waals surface area (Å²) in [5, 5.41) is 6.35. The summed E-state index contributed by atoms with van der Waals surface area (Å²) in [5.41, 5.74) is 2.17. The second-order valence-corrected chi connectivity index (χ2v) is 7.56. The van der Waals surface area contributed by atoms with E-state index in [9.17, 15) is 13.2 Å². The zero-order chi connectivity index (χ0) is 19.0. The van der Waals surface area contributed by atoms with Gasteiger partial charge in [0, 0.05) is 11.6 Å². The zero-order valence-electron chi connectivity index (χ0n) is 14.1. The molecular weight excluding hydrogens is 368 g/mol. The summed E-state index contributed by atoms with van der Waals surface area (Å²) < 4.78 is 32.0. The van der Waals surface area contributed by atoms with E-state index in [0.717, 1.165) is 0 Å². The van der Waals surface area contributed by atoms with Crippen molar-refractivity contribution in [2.75, 3.05) is 10.0 Å². The van der Waals surface area contributed by atoms with Crippen molar-refractivity contribution in [3.8, 4) is 0 Å². The van der Waals surface area contributed by atoms with E-state index < -0.39 is 10.0 Å². The zero-order valence-corrected chi connectivity index (χ0v) is 14.9. The van der Waals surface area contributed by atoms with Gasteiger partial charge in [0.05, 0.1) is 16.3 Å². The van der Waals surface area contributed by atoms with E-state index in [0.29, 0.717) is 22.7 Å². The van der Waals surface area contributed by atoms with Crippen LogP contribution in [0.15, 0.2) is 69.0 Å². The standard InChI is InChI=1S/C18H14N4O4S/c1-11-10-16(21-26-11)22-27(24,25)13-8-6-12(7-9-13)19-17-14-4-2-3-5-15(14)20-18(17)23/h2-10H,1H3,(H,21,22)(H,19,20,23). The molecule has 136 valence electrons. The quantitative estimate of drug-likeness (QED) is 0.720. The van der Waals surface area contributed by atoms with E-state index in [1.54, 1.807) is 19.1 Å². The highest BCUT2D eigenvalue weighted by Crippen LogP contribution is 2.26. The molecule has 4 rings (SSSR count). The van der Waals surface area contributed by atoms with Crippen LogP contribution in [0, 0.1) is 6.92 Å². The molecule has 9 heteroatoms. The highest BCUT2D eigenvalue weighted by Gasteiger charge is 2.25. The van der Waals surface area contributed by atoms with Gasteiger partial charge in [-0.15, -0.1) is 0 Å². The van der Waals surface area contributed by atoms with Crippen molar-refractivity contribution in [2.45, 2.75) is 11.8 Å². The van der Waals surface area contributed by atoms with Crippen LogP contribution in [0.25, 0.3) is 0 Å². The van der Waals surface area contributed by atoms with Crippen molar-refractivity contribution in [3.05, 3.63) is 65.9 Å². The Hall–Kier alpha value is -3.46. The number of carbonyl (C=O) groups excluding carboxylic acids is 1. The molecule has 0 atom stereocenters. The van der Waals surface area contributed by atoms with Crippen molar-refractivity contribution in [1.29, 1.82) is 0 Å². The van der Waals surface area contributed by atoms with Crippen LogP contribution < -0.4 is 10.0 Å². The monoisotopic (exact) mass is 382 g/mol. The molecule has 2 N–H and O–H groups in total. The minimum absolute atomic E-state index is 0.0448. The molecule has 0 bridgehead atoms. The lowest BCUT2D eigenvalue weighted by Gasteiger charge is -2.05. The van der Waals surface area contributed by atoms with E-state index in [1.165, 1.54) is 30.3 Å². The van der Waals surface area contributed by atoms with Crippen LogP contribution in [0.1, 0.15) is 11.3 Å². The number of aryl methyl sites for hydroxylation is 1. The fourth-order valence-electron chi connectivity index (χ4n) is 2.65. The SMILES string of the molecule is Cc1cc(NS(=O)(=O)c2ccc(N=C3C(=O)Nc4ccccc43)cc2)no1. The first-order valence-electron chi connectivity index (χ1n) is 7.98. The van der Waals surface area contributed by atoms with Crippen molar-refractivity contribution in [1.82, 2.24) is 5.16 Å². The smallest absolute Gasteiger partial charge is 0.275 e. The van der Waals surface area contributed by atoms with Gasteiger partial charge >= 0.3 is 0 Å². The maximum absolute atomic E-state index is 12.4. The Morgan fingerprint density at radius 1 is 1.11 bits per heavy atom. The first-order chi connectivity index (χ1) is 12.9. The average molecular weight is 382 g/mol. The molecule has 2 heterocycles. The van der Waals surface area contributed by atoms with Gasteiger partial charge in [-0.3, -0.25) is 9.52 Å². The molecule has 8 nitrogen and oxygen atoms in total. The maximum atomic E-state index is 12.4. The summed E-state index contributed by atoms with van der Waals surface area (Å²) in [6, 6.07) is 14.6. The number of carbonyl (C=O) groups is 1. The molecule has 1 aliphatic rings. The van der Waals surface area contributed by atoms with Gasteiger partial charge in [-0.05, 0) is 37.3 Å². The molecule has 3 aromatic rings. The number of para-hydroxylation sites is 1. The number of aliphatic imine (C=N–C) groups is 1. The van der Waals surface area contributed by atoms with Gasteiger partial charge in [0.25, 0.3) is 15.9 Å². The third-order valence-corrected chi connectivity index (χ3v) is 5.27. The van der Waals surface area contributed by atoms with Crippen molar-refractivity contribution < 1.29 is 17.7 Å². The van der Waals surface area contributed by atoms with E-state index in [4.69, 9.17) is 4.52 Å². The Kier molecular flexibility index (Phi) is 4.00. The first kappa shape index (κ1) is 17.0. The summed E-state index contributed by atoms with van der Waals surface area (Å²) in [6.45, 7) is 1.66. The highest BCUT2D eigenvalue weighted by molar-refractivity contribution is 7.92.